The number of aromatic hydroxyl groups is 1. The number of nitro groups is 1. The topological polar surface area (TPSA) is 75.8 Å². The Balaban J connectivity index is 1.88. The van der Waals surface area contributed by atoms with Crippen LogP contribution in [0.25, 0.3) is 10.8 Å². The Morgan fingerprint density at radius 3 is 2.41 bits per heavy atom. The first-order valence-corrected chi connectivity index (χ1v) is 8.92. The fourth-order valence-corrected chi connectivity index (χ4v) is 3.75. The number of rotatable bonds is 4. The summed E-state index contributed by atoms with van der Waals surface area (Å²) in [5.74, 6) is 0.226. The smallest absolute Gasteiger partial charge is 0.269 e. The third kappa shape index (κ3) is 3.37. The first-order valence-electron chi connectivity index (χ1n) is 8.92. The lowest BCUT2D eigenvalue weighted by Crippen LogP contribution is -2.39. The summed E-state index contributed by atoms with van der Waals surface area (Å²) in [6.45, 7) is 2.69. The van der Waals surface area contributed by atoms with E-state index in [0.29, 0.717) is 13.2 Å². The zero-order valence-corrected chi connectivity index (χ0v) is 14.7. The number of ether oxygens (including phenoxy) is 1. The van der Waals surface area contributed by atoms with Crippen LogP contribution in [-0.2, 0) is 4.74 Å². The average molecular weight is 364 g/mol. The van der Waals surface area contributed by atoms with E-state index in [1.54, 1.807) is 18.2 Å². The Bertz CT molecular complexity index is 966. The van der Waals surface area contributed by atoms with Crippen molar-refractivity contribution in [2.75, 3.05) is 26.3 Å². The zero-order valence-electron chi connectivity index (χ0n) is 14.7. The summed E-state index contributed by atoms with van der Waals surface area (Å²) in [6, 6.07) is 18.0. The summed E-state index contributed by atoms with van der Waals surface area (Å²) in [6.07, 6.45) is 0. The third-order valence-electron chi connectivity index (χ3n) is 5.05. The van der Waals surface area contributed by atoms with E-state index in [2.05, 4.69) is 4.90 Å². The molecule has 0 bridgehead atoms. The van der Waals surface area contributed by atoms with E-state index in [9.17, 15) is 15.2 Å². The summed E-state index contributed by atoms with van der Waals surface area (Å²) in [5.41, 5.74) is 1.79. The Labute approximate surface area is 156 Å². The van der Waals surface area contributed by atoms with Gasteiger partial charge in [0, 0.05) is 30.8 Å². The monoisotopic (exact) mass is 364 g/mol. The summed E-state index contributed by atoms with van der Waals surface area (Å²) in [5, 5.41) is 23.8. The van der Waals surface area contributed by atoms with Gasteiger partial charge in [0.25, 0.3) is 5.69 Å². The minimum absolute atomic E-state index is 0.0571. The normalized spacial score (nSPS) is 16.3. The van der Waals surface area contributed by atoms with Crippen molar-refractivity contribution < 1.29 is 14.8 Å². The largest absolute Gasteiger partial charge is 0.508 e. The van der Waals surface area contributed by atoms with Crippen LogP contribution in [0.1, 0.15) is 17.2 Å². The van der Waals surface area contributed by atoms with E-state index in [4.69, 9.17) is 4.74 Å². The minimum Gasteiger partial charge on any atom is -0.508 e. The van der Waals surface area contributed by atoms with Gasteiger partial charge in [-0.1, -0.05) is 42.5 Å². The maximum Gasteiger partial charge on any atom is 0.269 e. The number of non-ortho nitro benzene ring substituents is 1. The Hall–Kier alpha value is -2.96. The van der Waals surface area contributed by atoms with Crippen molar-refractivity contribution in [3.05, 3.63) is 81.9 Å². The lowest BCUT2D eigenvalue weighted by atomic mass is 9.91. The van der Waals surface area contributed by atoms with Crippen molar-refractivity contribution >= 4 is 16.5 Å². The summed E-state index contributed by atoms with van der Waals surface area (Å²) < 4.78 is 5.50. The molecule has 4 rings (SSSR count). The SMILES string of the molecule is O=[N+]([O-])c1ccc(C(c2c(O)ccc3ccccc23)N2CCOCC2)cc1. The number of hydrogen-bond donors (Lipinski definition) is 1. The number of phenolic OH excluding ortho intramolecular Hbond substituents is 1. The number of fused-ring (bicyclic) bond motifs is 1. The molecule has 1 N–H and O–H groups in total. The van der Waals surface area contributed by atoms with Crippen LogP contribution >= 0.6 is 0 Å². The van der Waals surface area contributed by atoms with E-state index in [0.717, 1.165) is 35.0 Å². The molecule has 6 heteroatoms. The molecule has 0 saturated carbocycles. The predicted octanol–water partition coefficient (Wildman–Crippen LogP) is 3.88. The fraction of sp³-hybridized carbons (Fsp3) is 0.238. The third-order valence-corrected chi connectivity index (χ3v) is 5.05. The molecule has 1 aliphatic heterocycles. The van der Waals surface area contributed by atoms with Crippen LogP contribution in [-0.4, -0.2) is 41.2 Å². The second-order valence-electron chi connectivity index (χ2n) is 6.62. The van der Waals surface area contributed by atoms with Crippen molar-refractivity contribution in [1.82, 2.24) is 4.90 Å². The Kier molecular flexibility index (Phi) is 4.75. The van der Waals surface area contributed by atoms with Gasteiger partial charge in [-0.25, -0.2) is 0 Å². The predicted molar refractivity (Wildman–Crippen MR) is 103 cm³/mol. The molecule has 3 aromatic rings. The first-order chi connectivity index (χ1) is 13.1. The van der Waals surface area contributed by atoms with Gasteiger partial charge in [0.05, 0.1) is 24.2 Å². The molecular weight excluding hydrogens is 344 g/mol. The lowest BCUT2D eigenvalue weighted by Gasteiger charge is -2.36. The van der Waals surface area contributed by atoms with Crippen molar-refractivity contribution in [2.45, 2.75) is 6.04 Å². The van der Waals surface area contributed by atoms with Crippen LogP contribution in [0.15, 0.2) is 60.7 Å². The van der Waals surface area contributed by atoms with E-state index in [1.165, 1.54) is 12.1 Å². The molecule has 1 fully saturated rings. The van der Waals surface area contributed by atoms with Gasteiger partial charge in [0.1, 0.15) is 5.75 Å². The average Bonchev–Trinajstić information content (AvgIpc) is 2.71. The lowest BCUT2D eigenvalue weighted by molar-refractivity contribution is -0.384. The van der Waals surface area contributed by atoms with Gasteiger partial charge in [0.2, 0.25) is 0 Å². The molecule has 6 nitrogen and oxygen atoms in total. The second-order valence-corrected chi connectivity index (χ2v) is 6.62. The molecule has 1 heterocycles. The number of nitrogens with zero attached hydrogens (tertiary/aromatic N) is 2. The van der Waals surface area contributed by atoms with E-state index >= 15 is 0 Å². The van der Waals surface area contributed by atoms with Crippen LogP contribution < -0.4 is 0 Å². The maximum absolute atomic E-state index is 11.0. The molecule has 27 heavy (non-hydrogen) atoms. The Morgan fingerprint density at radius 1 is 1.00 bits per heavy atom. The number of benzene rings is 3. The van der Waals surface area contributed by atoms with Gasteiger partial charge in [-0.3, -0.25) is 15.0 Å². The molecular formula is C21H20N2O4. The molecule has 0 radical (unpaired) electrons. The maximum atomic E-state index is 11.0. The second kappa shape index (κ2) is 7.34. The molecule has 1 unspecified atom stereocenters. The molecule has 1 aliphatic rings. The molecule has 0 amide bonds. The highest BCUT2D eigenvalue weighted by molar-refractivity contribution is 5.88. The van der Waals surface area contributed by atoms with E-state index < -0.39 is 4.92 Å². The van der Waals surface area contributed by atoms with Gasteiger partial charge in [-0.05, 0) is 22.4 Å². The molecule has 1 saturated heterocycles. The zero-order chi connectivity index (χ0) is 18.8. The highest BCUT2D eigenvalue weighted by Gasteiger charge is 2.28. The molecule has 0 aliphatic carbocycles. The molecule has 1 atom stereocenters. The molecule has 0 aromatic heterocycles. The van der Waals surface area contributed by atoms with Gasteiger partial charge < -0.3 is 9.84 Å². The molecule has 138 valence electrons. The van der Waals surface area contributed by atoms with Gasteiger partial charge >= 0.3 is 0 Å². The summed E-state index contributed by atoms with van der Waals surface area (Å²) in [7, 11) is 0. The fourth-order valence-electron chi connectivity index (χ4n) is 3.75. The summed E-state index contributed by atoms with van der Waals surface area (Å²) >= 11 is 0. The van der Waals surface area contributed by atoms with Crippen molar-refractivity contribution in [2.24, 2.45) is 0 Å². The van der Waals surface area contributed by atoms with E-state index in [1.807, 2.05) is 30.3 Å². The van der Waals surface area contributed by atoms with Crippen LogP contribution in [0.3, 0.4) is 0 Å². The number of morpholine rings is 1. The van der Waals surface area contributed by atoms with E-state index in [-0.39, 0.29) is 17.5 Å². The quantitative estimate of drug-likeness (QED) is 0.562. The van der Waals surface area contributed by atoms with Crippen LogP contribution in [0, 0.1) is 10.1 Å². The van der Waals surface area contributed by atoms with Crippen molar-refractivity contribution in [3.63, 3.8) is 0 Å². The van der Waals surface area contributed by atoms with Crippen LogP contribution in [0.4, 0.5) is 5.69 Å². The highest BCUT2D eigenvalue weighted by Crippen LogP contribution is 2.39. The van der Waals surface area contributed by atoms with Crippen molar-refractivity contribution in [1.29, 1.82) is 0 Å². The van der Waals surface area contributed by atoms with Gasteiger partial charge in [0.15, 0.2) is 0 Å². The molecule has 0 spiro atoms. The Morgan fingerprint density at radius 2 is 1.70 bits per heavy atom. The van der Waals surface area contributed by atoms with Gasteiger partial charge in [-0.15, -0.1) is 0 Å². The van der Waals surface area contributed by atoms with Gasteiger partial charge in [-0.2, -0.15) is 0 Å². The summed E-state index contributed by atoms with van der Waals surface area (Å²) in [4.78, 5) is 12.9. The van der Waals surface area contributed by atoms with Crippen LogP contribution in [0.2, 0.25) is 0 Å². The van der Waals surface area contributed by atoms with Crippen LogP contribution in [0.5, 0.6) is 5.75 Å². The standard InChI is InChI=1S/C21H20N2O4/c24-19-10-7-15-3-1-2-4-18(15)20(19)21(22-11-13-27-14-12-22)16-5-8-17(9-6-16)23(25)26/h1-10,21,24H,11-14H2. The minimum atomic E-state index is -0.400. The van der Waals surface area contributed by atoms with Crippen molar-refractivity contribution in [3.8, 4) is 5.75 Å². The number of nitro benzene ring substituents is 1. The molecule has 3 aromatic carbocycles. The number of phenols is 1. The highest BCUT2D eigenvalue weighted by atomic mass is 16.6. The number of hydrogen-bond acceptors (Lipinski definition) is 5. The first kappa shape index (κ1) is 17.5.